The molecule has 3 rings (SSSR count). The first-order valence-electron chi connectivity index (χ1n) is 7.11. The number of benzene rings is 1. The summed E-state index contributed by atoms with van der Waals surface area (Å²) >= 11 is 0. The van der Waals surface area contributed by atoms with Crippen molar-refractivity contribution in [2.75, 3.05) is 13.7 Å². The number of nitrogens with one attached hydrogen (secondary N) is 1. The smallest absolute Gasteiger partial charge is 0.338 e. The predicted molar refractivity (Wildman–Crippen MR) is 79.0 cm³/mol. The molecule has 0 aliphatic carbocycles. The lowest BCUT2D eigenvalue weighted by Gasteiger charge is -2.24. The van der Waals surface area contributed by atoms with Gasteiger partial charge in [0, 0.05) is 35.6 Å². The Hall–Kier alpha value is -2.30. The number of esters is 1. The first kappa shape index (κ1) is 13.7. The molecule has 1 aromatic carbocycles. The van der Waals surface area contributed by atoms with Crippen LogP contribution in [0.1, 0.15) is 41.7 Å². The van der Waals surface area contributed by atoms with Crippen LogP contribution in [-0.4, -0.2) is 35.4 Å². The fourth-order valence-corrected chi connectivity index (χ4v) is 3.07. The van der Waals surface area contributed by atoms with Gasteiger partial charge in [-0.25, -0.2) is 4.79 Å². The highest BCUT2D eigenvalue weighted by molar-refractivity contribution is 6.05. The summed E-state index contributed by atoms with van der Waals surface area (Å²) in [5.74, 6) is -0.186. The number of nitrogens with zero attached hydrogens (tertiary/aromatic N) is 1. The maximum atomic E-state index is 12.0. The second-order valence-corrected chi connectivity index (χ2v) is 5.33. The Morgan fingerprint density at radius 2 is 2.24 bits per heavy atom. The third kappa shape index (κ3) is 2.18. The van der Waals surface area contributed by atoms with Crippen molar-refractivity contribution in [1.29, 1.82) is 0 Å². The number of likely N-dealkylation sites (tertiary alicyclic amines) is 1. The average molecular weight is 286 g/mol. The van der Waals surface area contributed by atoms with Crippen molar-refractivity contribution in [3.8, 4) is 0 Å². The van der Waals surface area contributed by atoms with E-state index in [4.69, 9.17) is 4.74 Å². The summed E-state index contributed by atoms with van der Waals surface area (Å²) in [4.78, 5) is 29.0. The standard InChI is InChI=1S/C16H18N2O3/c1-10(18-8-4-7-14(18)19)12-9-17-13-6-3-5-11(15(12)13)16(20)21-2/h3,5-6,9-10,17H,4,7-8H2,1-2H3. The molecule has 1 aliphatic heterocycles. The van der Waals surface area contributed by atoms with Crippen molar-refractivity contribution >= 4 is 22.8 Å². The van der Waals surface area contributed by atoms with Crippen LogP contribution in [0.2, 0.25) is 0 Å². The molecule has 1 saturated heterocycles. The summed E-state index contributed by atoms with van der Waals surface area (Å²) in [6, 6.07) is 5.44. The number of fused-ring (bicyclic) bond motifs is 1. The van der Waals surface area contributed by atoms with E-state index >= 15 is 0 Å². The van der Waals surface area contributed by atoms with Crippen molar-refractivity contribution in [1.82, 2.24) is 9.88 Å². The molecule has 5 nitrogen and oxygen atoms in total. The van der Waals surface area contributed by atoms with Gasteiger partial charge in [0.25, 0.3) is 0 Å². The Balaban J connectivity index is 2.10. The molecule has 0 bridgehead atoms. The molecule has 1 unspecified atom stereocenters. The molecular weight excluding hydrogens is 268 g/mol. The second kappa shape index (κ2) is 5.24. The molecule has 1 aliphatic rings. The Morgan fingerprint density at radius 1 is 1.43 bits per heavy atom. The predicted octanol–water partition coefficient (Wildman–Crippen LogP) is 2.64. The molecule has 1 aromatic heterocycles. The summed E-state index contributed by atoms with van der Waals surface area (Å²) in [5.41, 5.74) is 2.37. The highest BCUT2D eigenvalue weighted by atomic mass is 16.5. The van der Waals surface area contributed by atoms with Gasteiger partial charge in [0.05, 0.1) is 18.7 Å². The summed E-state index contributed by atoms with van der Waals surface area (Å²) in [6.45, 7) is 2.77. The minimum Gasteiger partial charge on any atom is -0.465 e. The average Bonchev–Trinajstić information content (AvgIpc) is 3.11. The number of hydrogen-bond donors (Lipinski definition) is 1. The lowest BCUT2D eigenvalue weighted by Crippen LogP contribution is -2.27. The molecule has 1 N–H and O–H groups in total. The molecule has 1 atom stereocenters. The highest BCUT2D eigenvalue weighted by Gasteiger charge is 2.28. The number of H-pyrrole nitrogens is 1. The third-order valence-electron chi connectivity index (χ3n) is 4.17. The molecule has 0 saturated carbocycles. The zero-order valence-electron chi connectivity index (χ0n) is 12.2. The van der Waals surface area contributed by atoms with Crippen LogP contribution in [0, 0.1) is 0 Å². The fraction of sp³-hybridized carbons (Fsp3) is 0.375. The van der Waals surface area contributed by atoms with Crippen LogP contribution in [0.15, 0.2) is 24.4 Å². The van der Waals surface area contributed by atoms with Gasteiger partial charge in [0.15, 0.2) is 0 Å². The number of carbonyl (C=O) groups excluding carboxylic acids is 2. The Labute approximate surface area is 122 Å². The monoisotopic (exact) mass is 286 g/mol. The molecular formula is C16H18N2O3. The molecule has 21 heavy (non-hydrogen) atoms. The molecule has 1 fully saturated rings. The van der Waals surface area contributed by atoms with E-state index < -0.39 is 0 Å². The molecule has 0 spiro atoms. The van der Waals surface area contributed by atoms with Crippen molar-refractivity contribution in [3.05, 3.63) is 35.5 Å². The van der Waals surface area contributed by atoms with Crippen molar-refractivity contribution in [2.45, 2.75) is 25.8 Å². The van der Waals surface area contributed by atoms with Gasteiger partial charge in [0.2, 0.25) is 5.91 Å². The third-order valence-corrected chi connectivity index (χ3v) is 4.17. The van der Waals surface area contributed by atoms with E-state index in [2.05, 4.69) is 4.98 Å². The van der Waals surface area contributed by atoms with Crippen LogP contribution in [0.4, 0.5) is 0 Å². The highest BCUT2D eigenvalue weighted by Crippen LogP contribution is 2.33. The van der Waals surface area contributed by atoms with Gasteiger partial charge >= 0.3 is 5.97 Å². The minimum absolute atomic E-state index is 0.0560. The molecule has 2 heterocycles. The molecule has 5 heteroatoms. The second-order valence-electron chi connectivity index (χ2n) is 5.33. The number of aromatic nitrogens is 1. The first-order valence-corrected chi connectivity index (χ1v) is 7.11. The number of ether oxygens (including phenoxy) is 1. The summed E-state index contributed by atoms with van der Waals surface area (Å²) in [7, 11) is 1.38. The van der Waals surface area contributed by atoms with Crippen molar-refractivity contribution in [2.24, 2.45) is 0 Å². The first-order chi connectivity index (χ1) is 10.1. The maximum absolute atomic E-state index is 12.0. The van der Waals surface area contributed by atoms with E-state index in [9.17, 15) is 9.59 Å². The summed E-state index contributed by atoms with van der Waals surface area (Å²) < 4.78 is 4.86. The molecule has 0 radical (unpaired) electrons. The number of carbonyl (C=O) groups is 2. The number of methoxy groups -OCH3 is 1. The maximum Gasteiger partial charge on any atom is 0.338 e. The van der Waals surface area contributed by atoms with Crippen molar-refractivity contribution in [3.63, 3.8) is 0 Å². The lowest BCUT2D eigenvalue weighted by atomic mass is 10.0. The number of aromatic amines is 1. The molecule has 2 aromatic rings. The topological polar surface area (TPSA) is 62.4 Å². The van der Waals surface area contributed by atoms with Gasteiger partial charge in [-0.05, 0) is 25.5 Å². The quantitative estimate of drug-likeness (QED) is 0.882. The number of rotatable bonds is 3. The van der Waals surface area contributed by atoms with Gasteiger partial charge in [-0.1, -0.05) is 6.07 Å². The largest absolute Gasteiger partial charge is 0.465 e. The zero-order chi connectivity index (χ0) is 15.0. The van der Waals surface area contributed by atoms with E-state index in [0.29, 0.717) is 12.0 Å². The van der Waals surface area contributed by atoms with E-state index in [1.807, 2.05) is 30.2 Å². The van der Waals surface area contributed by atoms with Crippen LogP contribution >= 0.6 is 0 Å². The van der Waals surface area contributed by atoms with Gasteiger partial charge < -0.3 is 14.6 Å². The SMILES string of the molecule is COC(=O)c1cccc2[nH]cc(C(C)N3CCCC3=O)c12. The van der Waals surface area contributed by atoms with Gasteiger partial charge in [-0.3, -0.25) is 4.79 Å². The lowest BCUT2D eigenvalue weighted by molar-refractivity contribution is -0.129. The van der Waals surface area contributed by atoms with Gasteiger partial charge in [-0.15, -0.1) is 0 Å². The summed E-state index contributed by atoms with van der Waals surface area (Å²) in [5, 5.41) is 0.844. The Kier molecular flexibility index (Phi) is 3.41. The van der Waals surface area contributed by atoms with Crippen LogP contribution in [0.5, 0.6) is 0 Å². The molecule has 110 valence electrons. The van der Waals surface area contributed by atoms with E-state index in [1.165, 1.54) is 7.11 Å². The van der Waals surface area contributed by atoms with Gasteiger partial charge in [-0.2, -0.15) is 0 Å². The van der Waals surface area contributed by atoms with Crippen LogP contribution in [-0.2, 0) is 9.53 Å². The fourth-order valence-electron chi connectivity index (χ4n) is 3.07. The normalized spacial score (nSPS) is 16.5. The molecule has 1 amide bonds. The number of hydrogen-bond acceptors (Lipinski definition) is 3. The zero-order valence-corrected chi connectivity index (χ0v) is 12.2. The van der Waals surface area contributed by atoms with E-state index in [1.54, 1.807) is 6.07 Å². The minimum atomic E-state index is -0.360. The summed E-state index contributed by atoms with van der Waals surface area (Å²) in [6.07, 6.45) is 3.39. The van der Waals surface area contributed by atoms with Crippen molar-refractivity contribution < 1.29 is 14.3 Å². The van der Waals surface area contributed by atoms with E-state index in [0.717, 1.165) is 29.4 Å². The van der Waals surface area contributed by atoms with Crippen LogP contribution in [0.25, 0.3) is 10.9 Å². The Morgan fingerprint density at radius 3 is 2.90 bits per heavy atom. The van der Waals surface area contributed by atoms with Gasteiger partial charge in [0.1, 0.15) is 0 Å². The number of amides is 1. The van der Waals surface area contributed by atoms with Crippen LogP contribution < -0.4 is 0 Å². The Bertz CT molecular complexity index is 705. The van der Waals surface area contributed by atoms with Crippen LogP contribution in [0.3, 0.4) is 0 Å². The van der Waals surface area contributed by atoms with E-state index in [-0.39, 0.29) is 17.9 Å².